The van der Waals surface area contributed by atoms with E-state index in [1.807, 2.05) is 24.2 Å². The number of hydrogen-bond acceptors (Lipinski definition) is 3. The predicted molar refractivity (Wildman–Crippen MR) is 103 cm³/mol. The average molecular weight is 348 g/mol. The summed E-state index contributed by atoms with van der Waals surface area (Å²) in [5.74, 6) is 0.109. The van der Waals surface area contributed by atoms with E-state index < -0.39 is 0 Å². The highest BCUT2D eigenvalue weighted by Gasteiger charge is 2.28. The third-order valence-electron chi connectivity index (χ3n) is 5.29. The maximum Gasteiger partial charge on any atom is 0.254 e. The predicted octanol–water partition coefficient (Wildman–Crippen LogP) is 3.88. The molecule has 0 spiro atoms. The van der Waals surface area contributed by atoms with Crippen molar-refractivity contribution in [3.05, 3.63) is 47.3 Å². The van der Waals surface area contributed by atoms with E-state index in [1.54, 1.807) is 10.9 Å². The van der Waals surface area contributed by atoms with E-state index in [4.69, 9.17) is 4.98 Å². The van der Waals surface area contributed by atoms with Crippen LogP contribution in [0, 0.1) is 13.8 Å². The van der Waals surface area contributed by atoms with Gasteiger partial charge in [0, 0.05) is 36.8 Å². The molecule has 0 aliphatic carbocycles. The molecule has 1 fully saturated rings. The molecule has 0 bridgehead atoms. The molecule has 134 valence electrons. The molecule has 26 heavy (non-hydrogen) atoms. The van der Waals surface area contributed by atoms with Gasteiger partial charge in [-0.25, -0.2) is 4.98 Å². The molecule has 1 atom stereocenters. The lowest BCUT2D eigenvalue weighted by Gasteiger charge is -2.23. The van der Waals surface area contributed by atoms with Crippen molar-refractivity contribution in [1.82, 2.24) is 19.7 Å². The van der Waals surface area contributed by atoms with Crippen LogP contribution < -0.4 is 0 Å². The van der Waals surface area contributed by atoms with Crippen LogP contribution >= 0.6 is 0 Å². The molecular formula is C21H24N4O. The topological polar surface area (TPSA) is 51.0 Å². The van der Waals surface area contributed by atoms with Gasteiger partial charge in [0.25, 0.3) is 5.91 Å². The fourth-order valence-corrected chi connectivity index (χ4v) is 3.95. The Bertz CT molecular complexity index is 1000. The van der Waals surface area contributed by atoms with Gasteiger partial charge in [-0.1, -0.05) is 11.6 Å². The maximum atomic E-state index is 13.4. The molecular weight excluding hydrogens is 324 g/mol. The van der Waals surface area contributed by atoms with E-state index >= 15 is 0 Å². The molecule has 1 aliphatic rings. The van der Waals surface area contributed by atoms with Crippen molar-refractivity contribution in [1.29, 1.82) is 0 Å². The fourth-order valence-electron chi connectivity index (χ4n) is 3.95. The number of hydrogen-bond donors (Lipinski definition) is 0. The third-order valence-corrected chi connectivity index (χ3v) is 5.29. The number of carbonyl (C=O) groups is 1. The summed E-state index contributed by atoms with van der Waals surface area (Å²) in [4.78, 5) is 20.2. The number of pyridine rings is 1. The van der Waals surface area contributed by atoms with Crippen LogP contribution in [0.4, 0.5) is 0 Å². The fraction of sp³-hybridized carbons (Fsp3) is 0.381. The van der Waals surface area contributed by atoms with Gasteiger partial charge in [0.05, 0.1) is 23.0 Å². The molecule has 1 aromatic carbocycles. The summed E-state index contributed by atoms with van der Waals surface area (Å²) in [6.45, 7) is 7.08. The second kappa shape index (κ2) is 6.24. The molecule has 1 aliphatic heterocycles. The van der Waals surface area contributed by atoms with Crippen molar-refractivity contribution in [3.63, 3.8) is 0 Å². The Kier molecular flexibility index (Phi) is 4.02. The molecule has 1 saturated heterocycles. The van der Waals surface area contributed by atoms with Gasteiger partial charge in [-0.15, -0.1) is 0 Å². The number of aryl methyl sites for hydroxylation is 3. The molecule has 5 heteroatoms. The van der Waals surface area contributed by atoms with Gasteiger partial charge in [0.15, 0.2) is 0 Å². The zero-order valence-corrected chi connectivity index (χ0v) is 15.8. The summed E-state index contributed by atoms with van der Waals surface area (Å²) >= 11 is 0. The van der Waals surface area contributed by atoms with Gasteiger partial charge in [-0.2, -0.15) is 5.10 Å². The van der Waals surface area contributed by atoms with Gasteiger partial charge in [-0.05, 0) is 51.3 Å². The maximum absolute atomic E-state index is 13.4. The van der Waals surface area contributed by atoms with Crippen LogP contribution in [-0.2, 0) is 7.05 Å². The summed E-state index contributed by atoms with van der Waals surface area (Å²) in [5.41, 5.74) is 5.61. The molecule has 3 heterocycles. The Labute approximate surface area is 153 Å². The van der Waals surface area contributed by atoms with Crippen molar-refractivity contribution in [2.75, 3.05) is 6.54 Å². The first-order chi connectivity index (χ1) is 12.4. The van der Waals surface area contributed by atoms with Crippen LogP contribution in [0.3, 0.4) is 0 Å². The third kappa shape index (κ3) is 2.77. The van der Waals surface area contributed by atoms with Crippen molar-refractivity contribution >= 4 is 16.8 Å². The summed E-state index contributed by atoms with van der Waals surface area (Å²) in [6.07, 6.45) is 5.88. The van der Waals surface area contributed by atoms with E-state index in [2.05, 4.69) is 38.0 Å². The van der Waals surface area contributed by atoms with Crippen LogP contribution in [0.25, 0.3) is 22.2 Å². The van der Waals surface area contributed by atoms with Crippen molar-refractivity contribution in [2.24, 2.45) is 7.05 Å². The second-order valence-corrected chi connectivity index (χ2v) is 7.43. The Morgan fingerprint density at radius 2 is 2.04 bits per heavy atom. The molecule has 4 rings (SSSR count). The highest BCUT2D eigenvalue weighted by Crippen LogP contribution is 2.30. The first-order valence-electron chi connectivity index (χ1n) is 9.16. The van der Waals surface area contributed by atoms with Gasteiger partial charge >= 0.3 is 0 Å². The average Bonchev–Trinajstić information content (AvgIpc) is 3.22. The number of likely N-dealkylation sites (tertiary alicyclic amines) is 1. The van der Waals surface area contributed by atoms with Crippen molar-refractivity contribution in [2.45, 2.75) is 39.7 Å². The molecule has 0 saturated carbocycles. The van der Waals surface area contributed by atoms with E-state index in [9.17, 15) is 4.79 Å². The first kappa shape index (κ1) is 16.8. The summed E-state index contributed by atoms with van der Waals surface area (Å²) in [7, 11) is 1.89. The Balaban J connectivity index is 1.95. The van der Waals surface area contributed by atoms with Crippen molar-refractivity contribution in [3.8, 4) is 11.3 Å². The highest BCUT2D eigenvalue weighted by molar-refractivity contribution is 6.08. The lowest BCUT2D eigenvalue weighted by atomic mass is 9.99. The largest absolute Gasteiger partial charge is 0.336 e. The minimum atomic E-state index is 0.109. The monoisotopic (exact) mass is 348 g/mol. The summed E-state index contributed by atoms with van der Waals surface area (Å²) < 4.78 is 1.76. The molecule has 2 aromatic heterocycles. The van der Waals surface area contributed by atoms with E-state index in [1.165, 1.54) is 0 Å². The molecule has 5 nitrogen and oxygen atoms in total. The molecule has 0 unspecified atom stereocenters. The van der Waals surface area contributed by atoms with Gasteiger partial charge in [-0.3, -0.25) is 9.48 Å². The van der Waals surface area contributed by atoms with Gasteiger partial charge in [0.1, 0.15) is 0 Å². The Hall–Kier alpha value is -2.69. The molecule has 1 amide bonds. The second-order valence-electron chi connectivity index (χ2n) is 7.43. The lowest BCUT2D eigenvalue weighted by Crippen LogP contribution is -2.33. The first-order valence-corrected chi connectivity index (χ1v) is 9.16. The number of nitrogens with zero attached hydrogens (tertiary/aromatic N) is 4. The van der Waals surface area contributed by atoms with Crippen LogP contribution in [0.1, 0.15) is 41.3 Å². The minimum absolute atomic E-state index is 0.109. The summed E-state index contributed by atoms with van der Waals surface area (Å²) in [6, 6.07) is 6.43. The molecule has 3 aromatic rings. The minimum Gasteiger partial charge on any atom is -0.336 e. The zero-order chi connectivity index (χ0) is 18.4. The highest BCUT2D eigenvalue weighted by atomic mass is 16.2. The smallest absolute Gasteiger partial charge is 0.254 e. The van der Waals surface area contributed by atoms with Crippen LogP contribution in [0.2, 0.25) is 0 Å². The normalized spacial score (nSPS) is 17.2. The number of fused-ring (bicyclic) bond motifs is 1. The van der Waals surface area contributed by atoms with Crippen LogP contribution in [0.5, 0.6) is 0 Å². The van der Waals surface area contributed by atoms with Crippen LogP contribution in [0.15, 0.2) is 30.6 Å². The van der Waals surface area contributed by atoms with Gasteiger partial charge < -0.3 is 4.90 Å². The van der Waals surface area contributed by atoms with Crippen LogP contribution in [-0.4, -0.2) is 38.2 Å². The number of carbonyl (C=O) groups excluding carboxylic acids is 1. The Morgan fingerprint density at radius 3 is 2.69 bits per heavy atom. The zero-order valence-electron chi connectivity index (χ0n) is 15.8. The van der Waals surface area contributed by atoms with E-state index in [0.717, 1.165) is 58.2 Å². The SMILES string of the molecule is Cc1cc(C)c2nc(-c3cnn(C)c3)cc(C(=O)N3CCC[C@@H]3C)c2c1. The quantitative estimate of drug-likeness (QED) is 0.706. The molecule has 0 N–H and O–H groups in total. The summed E-state index contributed by atoms with van der Waals surface area (Å²) in [5, 5.41) is 5.20. The number of aromatic nitrogens is 3. The molecule has 0 radical (unpaired) electrons. The van der Waals surface area contributed by atoms with Gasteiger partial charge in [0.2, 0.25) is 0 Å². The number of rotatable bonds is 2. The number of amides is 1. The Morgan fingerprint density at radius 1 is 1.23 bits per heavy atom. The van der Waals surface area contributed by atoms with Crippen molar-refractivity contribution < 1.29 is 4.79 Å². The lowest BCUT2D eigenvalue weighted by molar-refractivity contribution is 0.0749. The number of benzene rings is 1. The van der Waals surface area contributed by atoms with E-state index in [-0.39, 0.29) is 5.91 Å². The standard InChI is InChI=1S/C21H24N4O/c1-13-8-14(2)20-17(9-13)18(21(26)25-7-5-6-15(25)3)10-19(23-20)16-11-22-24(4)12-16/h8-12,15H,5-7H2,1-4H3/t15-/m0/s1. The van der Waals surface area contributed by atoms with E-state index in [0.29, 0.717) is 6.04 Å².